The highest BCUT2D eigenvalue weighted by Crippen LogP contribution is 2.27. The number of carbonyl (C=O) groups is 2. The van der Waals surface area contributed by atoms with Crippen molar-refractivity contribution in [3.63, 3.8) is 0 Å². The van der Waals surface area contributed by atoms with Gasteiger partial charge in [-0.1, -0.05) is 36.4 Å². The lowest BCUT2D eigenvalue weighted by Gasteiger charge is -2.09. The molecular weight excluding hydrogens is 384 g/mol. The molecule has 1 aromatic heterocycles. The molecule has 0 atom stereocenters. The minimum atomic E-state index is -0.606. The number of para-hydroxylation sites is 2. The van der Waals surface area contributed by atoms with Crippen molar-refractivity contribution in [2.24, 2.45) is 0 Å². The largest absolute Gasteiger partial charge is 0.508 e. The van der Waals surface area contributed by atoms with Gasteiger partial charge in [-0.25, -0.2) is 0 Å². The number of aromatic hydroxyl groups is 1. The molecular formula is C23H18N2O5. The number of rotatable bonds is 5. The molecule has 7 nitrogen and oxygen atoms in total. The van der Waals surface area contributed by atoms with Gasteiger partial charge in [-0.15, -0.1) is 0 Å². The molecule has 0 unspecified atom stereocenters. The van der Waals surface area contributed by atoms with Gasteiger partial charge in [-0.3, -0.25) is 20.4 Å². The van der Waals surface area contributed by atoms with Gasteiger partial charge in [0, 0.05) is 16.5 Å². The fourth-order valence-electron chi connectivity index (χ4n) is 2.95. The van der Waals surface area contributed by atoms with Gasteiger partial charge in [0.2, 0.25) is 5.76 Å². The van der Waals surface area contributed by atoms with Gasteiger partial charge in [-0.2, -0.15) is 0 Å². The van der Waals surface area contributed by atoms with Gasteiger partial charge in [0.05, 0.1) is 0 Å². The molecule has 4 rings (SSSR count). The predicted molar refractivity (Wildman–Crippen MR) is 110 cm³/mol. The highest BCUT2D eigenvalue weighted by molar-refractivity contribution is 6.01. The quantitative estimate of drug-likeness (QED) is 0.441. The molecule has 0 spiro atoms. The summed E-state index contributed by atoms with van der Waals surface area (Å²) in [4.78, 5) is 24.9. The van der Waals surface area contributed by atoms with E-state index in [9.17, 15) is 14.7 Å². The van der Waals surface area contributed by atoms with Crippen LogP contribution in [0.5, 0.6) is 11.5 Å². The molecule has 150 valence electrons. The van der Waals surface area contributed by atoms with Crippen LogP contribution in [0.1, 0.15) is 26.5 Å². The van der Waals surface area contributed by atoms with E-state index in [1.165, 1.54) is 24.3 Å². The zero-order valence-electron chi connectivity index (χ0n) is 15.8. The Morgan fingerprint density at radius 1 is 0.833 bits per heavy atom. The molecule has 2 amide bonds. The third kappa shape index (κ3) is 4.10. The Bertz CT molecular complexity index is 1180. The molecule has 0 saturated carbocycles. The van der Waals surface area contributed by atoms with Gasteiger partial charge >= 0.3 is 5.91 Å². The molecule has 7 heteroatoms. The van der Waals surface area contributed by atoms with Crippen LogP contribution >= 0.6 is 0 Å². The molecule has 3 aromatic carbocycles. The Morgan fingerprint density at radius 2 is 1.50 bits per heavy atom. The summed E-state index contributed by atoms with van der Waals surface area (Å²) in [5.74, 6) is -0.375. The maximum absolute atomic E-state index is 12.7. The Kier molecular flexibility index (Phi) is 5.34. The minimum Gasteiger partial charge on any atom is -0.508 e. The lowest BCUT2D eigenvalue weighted by atomic mass is 10.1. The number of fused-ring (bicyclic) bond motifs is 1. The van der Waals surface area contributed by atoms with E-state index in [2.05, 4.69) is 10.9 Å². The van der Waals surface area contributed by atoms with E-state index in [0.717, 1.165) is 5.39 Å². The average molecular weight is 402 g/mol. The van der Waals surface area contributed by atoms with Crippen LogP contribution in [0.25, 0.3) is 11.0 Å². The second-order valence-corrected chi connectivity index (χ2v) is 6.46. The Morgan fingerprint density at radius 3 is 2.27 bits per heavy atom. The van der Waals surface area contributed by atoms with E-state index in [1.807, 2.05) is 48.5 Å². The molecule has 0 saturated heterocycles. The summed E-state index contributed by atoms with van der Waals surface area (Å²) in [5.41, 5.74) is 6.10. The van der Waals surface area contributed by atoms with Crippen LogP contribution in [0.3, 0.4) is 0 Å². The van der Waals surface area contributed by atoms with E-state index in [-0.39, 0.29) is 23.7 Å². The number of hydrogen-bond donors (Lipinski definition) is 3. The average Bonchev–Trinajstić information content (AvgIpc) is 3.16. The molecule has 0 aliphatic carbocycles. The minimum absolute atomic E-state index is 0.0425. The molecule has 0 radical (unpaired) electrons. The van der Waals surface area contributed by atoms with Crippen molar-refractivity contribution in [1.29, 1.82) is 0 Å². The highest BCUT2D eigenvalue weighted by Gasteiger charge is 2.21. The molecule has 0 aliphatic rings. The van der Waals surface area contributed by atoms with Crippen LogP contribution in [0, 0.1) is 0 Å². The van der Waals surface area contributed by atoms with Crippen molar-refractivity contribution in [2.75, 3.05) is 0 Å². The summed E-state index contributed by atoms with van der Waals surface area (Å²) in [6.07, 6.45) is 0. The first-order chi connectivity index (χ1) is 14.6. The zero-order valence-corrected chi connectivity index (χ0v) is 15.8. The van der Waals surface area contributed by atoms with Crippen molar-refractivity contribution in [2.45, 2.75) is 6.61 Å². The number of carbonyl (C=O) groups excluding carboxylic acids is 2. The molecule has 0 aliphatic heterocycles. The van der Waals surface area contributed by atoms with Crippen LogP contribution < -0.4 is 15.6 Å². The number of benzene rings is 3. The first kappa shape index (κ1) is 19.1. The Hall–Kier alpha value is -4.26. The summed E-state index contributed by atoms with van der Waals surface area (Å²) < 4.78 is 11.5. The standard InChI is InChI=1S/C23H18N2O5/c26-16-12-10-15(11-13-16)22(27)24-25-23(28)21-19(14-29-17-6-2-1-3-7-17)18-8-4-5-9-20(18)30-21/h1-13,26H,14H2,(H,24,27)(H,25,28). The third-order valence-electron chi connectivity index (χ3n) is 4.45. The third-order valence-corrected chi connectivity index (χ3v) is 4.45. The number of hydrogen-bond acceptors (Lipinski definition) is 5. The molecule has 30 heavy (non-hydrogen) atoms. The summed E-state index contributed by atoms with van der Waals surface area (Å²) in [6, 6.07) is 22.1. The van der Waals surface area contributed by atoms with Gasteiger partial charge in [0.25, 0.3) is 5.91 Å². The van der Waals surface area contributed by atoms with Crippen molar-refractivity contribution in [1.82, 2.24) is 10.9 Å². The number of amides is 2. The first-order valence-electron chi connectivity index (χ1n) is 9.20. The van der Waals surface area contributed by atoms with Crippen LogP contribution in [0.4, 0.5) is 0 Å². The SMILES string of the molecule is O=C(NNC(=O)c1oc2ccccc2c1COc1ccccc1)c1ccc(O)cc1. The second-order valence-electron chi connectivity index (χ2n) is 6.46. The number of ether oxygens (including phenoxy) is 1. The normalized spacial score (nSPS) is 10.5. The monoisotopic (exact) mass is 402 g/mol. The molecule has 1 heterocycles. The van der Waals surface area contributed by atoms with Gasteiger partial charge in [0.1, 0.15) is 23.7 Å². The van der Waals surface area contributed by atoms with E-state index in [1.54, 1.807) is 6.07 Å². The summed E-state index contributed by atoms with van der Waals surface area (Å²) in [6.45, 7) is 0.121. The van der Waals surface area contributed by atoms with Gasteiger partial charge in [0.15, 0.2) is 0 Å². The number of furan rings is 1. The van der Waals surface area contributed by atoms with Crippen LogP contribution in [-0.2, 0) is 6.61 Å². The Balaban J connectivity index is 1.52. The molecule has 3 N–H and O–H groups in total. The van der Waals surface area contributed by atoms with Crippen LogP contribution in [-0.4, -0.2) is 16.9 Å². The van der Waals surface area contributed by atoms with Crippen LogP contribution in [0.15, 0.2) is 83.3 Å². The smallest absolute Gasteiger partial charge is 0.305 e. The first-order valence-corrected chi connectivity index (χ1v) is 9.20. The summed E-state index contributed by atoms with van der Waals surface area (Å²) >= 11 is 0. The number of phenols is 1. The zero-order chi connectivity index (χ0) is 20.9. The summed E-state index contributed by atoms with van der Waals surface area (Å²) in [7, 11) is 0. The van der Waals surface area contributed by atoms with Crippen molar-refractivity contribution in [3.05, 3.63) is 95.7 Å². The van der Waals surface area contributed by atoms with E-state index in [4.69, 9.17) is 9.15 Å². The van der Waals surface area contributed by atoms with Gasteiger partial charge < -0.3 is 14.3 Å². The second kappa shape index (κ2) is 8.40. The topological polar surface area (TPSA) is 101 Å². The maximum Gasteiger partial charge on any atom is 0.305 e. The van der Waals surface area contributed by atoms with E-state index in [0.29, 0.717) is 16.9 Å². The highest BCUT2D eigenvalue weighted by atomic mass is 16.5. The maximum atomic E-state index is 12.7. The van der Waals surface area contributed by atoms with Crippen LogP contribution in [0.2, 0.25) is 0 Å². The van der Waals surface area contributed by atoms with Crippen molar-refractivity contribution >= 4 is 22.8 Å². The fourth-order valence-corrected chi connectivity index (χ4v) is 2.95. The van der Waals surface area contributed by atoms with Crippen molar-refractivity contribution in [3.8, 4) is 11.5 Å². The van der Waals surface area contributed by atoms with Gasteiger partial charge in [-0.05, 0) is 42.5 Å². The Labute approximate surface area is 171 Å². The number of phenolic OH excluding ortho intramolecular Hbond substituents is 1. The lowest BCUT2D eigenvalue weighted by molar-refractivity contribution is 0.0830. The van der Waals surface area contributed by atoms with E-state index < -0.39 is 11.8 Å². The summed E-state index contributed by atoms with van der Waals surface area (Å²) in [5, 5.41) is 10.1. The molecule has 0 fully saturated rings. The van der Waals surface area contributed by atoms with E-state index >= 15 is 0 Å². The number of hydrazine groups is 1. The number of nitrogens with one attached hydrogen (secondary N) is 2. The predicted octanol–water partition coefficient (Wildman–Crippen LogP) is 3.79. The molecule has 0 bridgehead atoms. The molecule has 4 aromatic rings. The lowest BCUT2D eigenvalue weighted by Crippen LogP contribution is -2.41. The van der Waals surface area contributed by atoms with Crippen molar-refractivity contribution < 1.29 is 23.8 Å². The fraction of sp³-hybridized carbons (Fsp3) is 0.0435.